The topological polar surface area (TPSA) is 0 Å². The van der Waals surface area contributed by atoms with Crippen molar-refractivity contribution in [2.45, 2.75) is 11.8 Å². The summed E-state index contributed by atoms with van der Waals surface area (Å²) in [5.41, 5.74) is 17.5. The van der Waals surface area contributed by atoms with Crippen molar-refractivity contribution in [3.8, 4) is 0 Å². The molecule has 2 aliphatic carbocycles. The van der Waals surface area contributed by atoms with Crippen LogP contribution in [0.2, 0.25) is 0 Å². The SMILES string of the molecule is [C-]1=C(c2ccccc2)C(c2ccccc2)=C(c2ccccc2)C1c1ccccc1.[C-]1=C(c2ccccc2)C(c2ccccc2)=C(c2ccccc2)C1c1ccccc1.[Fe+2]. The van der Waals surface area contributed by atoms with Crippen molar-refractivity contribution in [2.75, 3.05) is 0 Å². The van der Waals surface area contributed by atoms with Gasteiger partial charge in [0.2, 0.25) is 0 Å². The largest absolute Gasteiger partial charge is 2.00 e. The Bertz CT molecular complexity index is 2510. The van der Waals surface area contributed by atoms with E-state index < -0.39 is 0 Å². The van der Waals surface area contributed by atoms with E-state index >= 15 is 0 Å². The second kappa shape index (κ2) is 18.7. The number of hydrogen-bond acceptors (Lipinski definition) is 0. The maximum Gasteiger partial charge on any atom is 2.00 e. The van der Waals surface area contributed by atoms with E-state index in [4.69, 9.17) is 0 Å². The summed E-state index contributed by atoms with van der Waals surface area (Å²) >= 11 is 0. The second-order valence-electron chi connectivity index (χ2n) is 14.5. The van der Waals surface area contributed by atoms with Crippen LogP contribution in [0, 0.1) is 12.2 Å². The fourth-order valence-electron chi connectivity index (χ4n) is 8.26. The van der Waals surface area contributed by atoms with Crippen molar-refractivity contribution in [3.63, 3.8) is 0 Å². The molecule has 0 spiro atoms. The van der Waals surface area contributed by atoms with Gasteiger partial charge >= 0.3 is 17.1 Å². The molecule has 0 saturated heterocycles. The van der Waals surface area contributed by atoms with E-state index in [1.165, 1.54) is 77.9 Å². The summed E-state index contributed by atoms with van der Waals surface area (Å²) in [6.07, 6.45) is 7.73. The zero-order valence-corrected chi connectivity index (χ0v) is 33.7. The molecule has 0 N–H and O–H groups in total. The summed E-state index contributed by atoms with van der Waals surface area (Å²) in [7, 11) is 0. The maximum atomic E-state index is 3.86. The minimum atomic E-state index is 0. The second-order valence-corrected chi connectivity index (χ2v) is 14.5. The van der Waals surface area contributed by atoms with Gasteiger partial charge in [0.05, 0.1) is 0 Å². The smallest absolute Gasteiger partial charge is 0.188 e. The van der Waals surface area contributed by atoms with Crippen molar-refractivity contribution >= 4 is 33.4 Å². The Balaban J connectivity index is 0.000000161. The van der Waals surface area contributed by atoms with Crippen LogP contribution >= 0.6 is 0 Å². The normalized spacial score (nSPS) is 15.7. The summed E-state index contributed by atoms with van der Waals surface area (Å²) in [6.45, 7) is 0. The van der Waals surface area contributed by atoms with Crippen LogP contribution < -0.4 is 0 Å². The molecule has 2 atom stereocenters. The van der Waals surface area contributed by atoms with Gasteiger partial charge in [0.25, 0.3) is 0 Å². The number of rotatable bonds is 8. The molecule has 0 aromatic heterocycles. The number of allylic oxidation sites excluding steroid dienone is 8. The van der Waals surface area contributed by atoms with Gasteiger partial charge in [0, 0.05) is 0 Å². The van der Waals surface area contributed by atoms with Crippen molar-refractivity contribution in [1.29, 1.82) is 0 Å². The molecule has 2 aliphatic rings. The van der Waals surface area contributed by atoms with E-state index in [2.05, 4.69) is 255 Å². The van der Waals surface area contributed by atoms with Crippen molar-refractivity contribution < 1.29 is 17.1 Å². The van der Waals surface area contributed by atoms with E-state index in [9.17, 15) is 0 Å². The molecular formula is C58H42Fe. The minimum Gasteiger partial charge on any atom is -0.188 e. The molecule has 0 radical (unpaired) electrons. The van der Waals surface area contributed by atoms with Crippen LogP contribution in [0.15, 0.2) is 243 Å². The standard InChI is InChI=1S/2C29H21.Fe/c2*1-5-13-22(14-6-1)26-21-27(23-15-7-2-8-16-23)29(25-19-11-4-12-20-25)28(26)24-17-9-3-10-18-24;/h2*1-20,26H;/q2*-1;+2. The number of hydrogen-bond donors (Lipinski definition) is 0. The Morgan fingerprint density at radius 2 is 0.458 bits per heavy atom. The maximum absolute atomic E-state index is 3.86. The van der Waals surface area contributed by atoms with Crippen LogP contribution in [0.4, 0.5) is 0 Å². The van der Waals surface area contributed by atoms with Gasteiger partial charge in [-0.05, 0) is 34.1 Å². The van der Waals surface area contributed by atoms with Gasteiger partial charge in [-0.25, -0.2) is 0 Å². The molecule has 0 aliphatic heterocycles. The molecule has 59 heavy (non-hydrogen) atoms. The Kier molecular flexibility index (Phi) is 12.4. The monoisotopic (exact) mass is 794 g/mol. The predicted octanol–water partition coefficient (Wildman–Crippen LogP) is 14.6. The first-order valence-corrected chi connectivity index (χ1v) is 20.0. The summed E-state index contributed by atoms with van der Waals surface area (Å²) in [6, 6.07) is 85.6. The third-order valence-corrected chi connectivity index (χ3v) is 10.9. The zero-order valence-electron chi connectivity index (χ0n) is 32.6. The van der Waals surface area contributed by atoms with Gasteiger partial charge in [-0.1, -0.05) is 241 Å². The van der Waals surface area contributed by atoms with Gasteiger partial charge in [-0.3, -0.25) is 0 Å². The molecule has 8 aromatic rings. The van der Waals surface area contributed by atoms with E-state index in [0.29, 0.717) is 0 Å². The van der Waals surface area contributed by atoms with Crippen LogP contribution in [0.25, 0.3) is 33.4 Å². The van der Waals surface area contributed by atoms with Crippen molar-refractivity contribution in [3.05, 3.63) is 299 Å². The van der Waals surface area contributed by atoms with Crippen LogP contribution in [-0.2, 0) is 17.1 Å². The molecule has 10 rings (SSSR count). The zero-order chi connectivity index (χ0) is 38.9. The Hall–Kier alpha value is -6.76. The van der Waals surface area contributed by atoms with Crippen LogP contribution in [0.1, 0.15) is 56.3 Å². The average Bonchev–Trinajstić information content (AvgIpc) is 3.93. The van der Waals surface area contributed by atoms with E-state index in [1.54, 1.807) is 0 Å². The quantitative estimate of drug-likeness (QED) is 0.106. The molecule has 1 heteroatoms. The minimum absolute atomic E-state index is 0. The predicted molar refractivity (Wildman–Crippen MR) is 244 cm³/mol. The van der Waals surface area contributed by atoms with Crippen LogP contribution in [0.5, 0.6) is 0 Å². The third kappa shape index (κ3) is 8.45. The molecule has 282 valence electrons. The Morgan fingerprint density at radius 1 is 0.237 bits per heavy atom. The molecule has 2 unspecified atom stereocenters. The van der Waals surface area contributed by atoms with E-state index in [-0.39, 0.29) is 28.9 Å². The first-order chi connectivity index (χ1) is 28.8. The number of benzene rings is 8. The van der Waals surface area contributed by atoms with Gasteiger partial charge in [0.15, 0.2) is 0 Å². The molecule has 0 fully saturated rings. The summed E-state index contributed by atoms with van der Waals surface area (Å²) in [5.74, 6) is 0.202. The van der Waals surface area contributed by atoms with Gasteiger partial charge in [-0.2, -0.15) is 23.3 Å². The Labute approximate surface area is 359 Å². The van der Waals surface area contributed by atoms with Crippen molar-refractivity contribution in [2.24, 2.45) is 0 Å². The average molecular weight is 795 g/mol. The van der Waals surface area contributed by atoms with Gasteiger partial charge < -0.3 is 0 Å². The molecule has 0 saturated carbocycles. The third-order valence-electron chi connectivity index (χ3n) is 10.9. The van der Waals surface area contributed by atoms with E-state index in [0.717, 1.165) is 0 Å². The molecule has 0 heterocycles. The fourth-order valence-corrected chi connectivity index (χ4v) is 8.26. The summed E-state index contributed by atoms with van der Waals surface area (Å²) < 4.78 is 0. The molecule has 0 bridgehead atoms. The van der Waals surface area contributed by atoms with Crippen molar-refractivity contribution in [1.82, 2.24) is 0 Å². The molecule has 0 nitrogen and oxygen atoms in total. The van der Waals surface area contributed by atoms with E-state index in [1.807, 2.05) is 0 Å². The molecular weight excluding hydrogens is 752 g/mol. The summed E-state index contributed by atoms with van der Waals surface area (Å²) in [5, 5.41) is 0. The van der Waals surface area contributed by atoms with Gasteiger partial charge in [0.1, 0.15) is 0 Å². The van der Waals surface area contributed by atoms with Gasteiger partial charge in [-0.15, -0.1) is 46.5 Å². The molecule has 8 aromatic carbocycles. The fraction of sp³-hybridized carbons (Fsp3) is 0.0345. The summed E-state index contributed by atoms with van der Waals surface area (Å²) in [4.78, 5) is 0. The molecule has 0 amide bonds. The van der Waals surface area contributed by atoms with Crippen LogP contribution in [0.3, 0.4) is 0 Å². The first-order valence-electron chi connectivity index (χ1n) is 20.0. The Morgan fingerprint density at radius 3 is 0.729 bits per heavy atom. The van der Waals surface area contributed by atoms with Crippen LogP contribution in [-0.4, -0.2) is 0 Å². The first kappa shape index (κ1) is 39.1.